The van der Waals surface area contributed by atoms with Crippen LogP contribution in [-0.4, -0.2) is 83.6 Å². The van der Waals surface area contributed by atoms with Crippen LogP contribution in [-0.2, 0) is 28.9 Å². The van der Waals surface area contributed by atoms with Crippen molar-refractivity contribution in [1.29, 1.82) is 0 Å². The molecule has 26 heteroatoms. The Bertz CT molecular complexity index is 2520. The second-order valence-corrected chi connectivity index (χ2v) is 16.0. The first-order valence-corrected chi connectivity index (χ1v) is 21.0. The third-order valence-electron chi connectivity index (χ3n) is 10.0. The van der Waals surface area contributed by atoms with Gasteiger partial charge in [0.2, 0.25) is 17.6 Å². The Hall–Kier alpha value is -5.21. The van der Waals surface area contributed by atoms with E-state index in [1.165, 1.54) is 24.3 Å². The van der Waals surface area contributed by atoms with Gasteiger partial charge in [-0.15, -0.1) is 0 Å². The van der Waals surface area contributed by atoms with E-state index in [1.807, 2.05) is 0 Å². The van der Waals surface area contributed by atoms with E-state index in [2.05, 4.69) is 83.4 Å². The Labute approximate surface area is 416 Å². The second-order valence-electron chi connectivity index (χ2n) is 14.3. The molecule has 3 aromatic heterocycles. The Kier molecular flexibility index (Phi) is 23.7. The number of rotatable bonds is 15. The van der Waals surface area contributed by atoms with E-state index in [-0.39, 0.29) is 119 Å². The molecule has 2 saturated carbocycles. The van der Waals surface area contributed by atoms with Crippen LogP contribution in [0.1, 0.15) is 88.9 Å². The number of aromatic nitrogens is 6. The van der Waals surface area contributed by atoms with Crippen molar-refractivity contribution in [2.24, 2.45) is 38.4 Å². The number of carbonyl (C=O) groups is 2. The number of nitrogens with zero attached hydrogens (tertiary/aromatic N) is 9. The number of nitrogens with two attached hydrogens (primary N) is 2. The van der Waals surface area contributed by atoms with E-state index in [1.54, 1.807) is 12.1 Å². The second kappa shape index (κ2) is 27.4. The number of amides is 2. The van der Waals surface area contributed by atoms with Gasteiger partial charge in [0.25, 0.3) is 0 Å². The van der Waals surface area contributed by atoms with Gasteiger partial charge >= 0.3 is 35.3 Å². The summed E-state index contributed by atoms with van der Waals surface area (Å²) in [5.41, 5.74) is 14.3. The summed E-state index contributed by atoms with van der Waals surface area (Å²) in [6.45, 7) is 0.708. The Morgan fingerprint density at radius 1 is 0.803 bits per heavy atom. The van der Waals surface area contributed by atoms with Crippen molar-refractivity contribution in [3.63, 3.8) is 0 Å². The number of halogens is 4. The van der Waals surface area contributed by atoms with Crippen LogP contribution in [0.2, 0.25) is 0 Å². The molecule has 8 N–H and O–H groups in total. The molecular formula is C40H50Br2F2N13NaO8. The summed E-state index contributed by atoms with van der Waals surface area (Å²) in [6.07, 6.45) is 7.82. The first kappa shape index (κ1) is 56.9. The first-order valence-electron chi connectivity index (χ1n) is 19.5. The van der Waals surface area contributed by atoms with Crippen LogP contribution in [0.15, 0.2) is 79.1 Å². The monoisotopic (exact) mass is 1060 g/mol. The molecule has 352 valence electrons. The minimum absolute atomic E-state index is 0. The summed E-state index contributed by atoms with van der Waals surface area (Å²) >= 11 is 6.22. The van der Waals surface area contributed by atoms with Gasteiger partial charge < -0.3 is 22.2 Å². The summed E-state index contributed by atoms with van der Waals surface area (Å²) in [5.74, 6) is -1.50. The maximum atomic E-state index is 13.6. The Morgan fingerprint density at radius 2 is 1.33 bits per heavy atom. The van der Waals surface area contributed by atoms with E-state index in [4.69, 9.17) is 25.2 Å². The van der Waals surface area contributed by atoms with Crippen LogP contribution in [0.4, 0.5) is 8.78 Å². The summed E-state index contributed by atoms with van der Waals surface area (Å²) in [4.78, 5) is 44.2. The van der Waals surface area contributed by atoms with Crippen molar-refractivity contribution in [2.75, 3.05) is 13.1 Å². The normalized spacial score (nSPS) is 13.8. The average molecular weight is 1060 g/mol. The molecule has 0 saturated heterocycles. The molecule has 3 heterocycles. The van der Waals surface area contributed by atoms with Crippen molar-refractivity contribution < 1.29 is 72.4 Å². The number of carbonyl (C=O) groups excluding carboxylic acids is 2. The molecule has 0 radical (unpaired) electrons. The molecule has 0 atom stereocenters. The van der Waals surface area contributed by atoms with Crippen molar-refractivity contribution >= 4 is 61.3 Å². The molecule has 2 aliphatic rings. The zero-order valence-electron chi connectivity index (χ0n) is 34.3. The summed E-state index contributed by atoms with van der Waals surface area (Å²) in [7, 11) is 0. The van der Waals surface area contributed by atoms with E-state index < -0.39 is 11.6 Å². The minimum Gasteiger partial charge on any atom is -0.870 e. The number of oxime groups is 1. The van der Waals surface area contributed by atoms with Crippen LogP contribution in [0.3, 0.4) is 0 Å². The largest absolute Gasteiger partial charge is 1.00 e. The smallest absolute Gasteiger partial charge is 0.870 e. The predicted molar refractivity (Wildman–Crippen MR) is 239 cm³/mol. The number of hydrogen-bond donors (Lipinski definition) is 5. The summed E-state index contributed by atoms with van der Waals surface area (Å²) in [6, 6.07) is 8.54. The third-order valence-corrected chi connectivity index (χ3v) is 11.2. The molecule has 2 aromatic carbocycles. The third kappa shape index (κ3) is 15.2. The van der Waals surface area contributed by atoms with E-state index in [0.29, 0.717) is 66.0 Å². The first-order chi connectivity index (χ1) is 29.9. The van der Waals surface area contributed by atoms with Crippen molar-refractivity contribution in [3.05, 3.63) is 90.2 Å². The van der Waals surface area contributed by atoms with Crippen LogP contribution >= 0.6 is 31.9 Å². The van der Waals surface area contributed by atoms with Crippen molar-refractivity contribution in [1.82, 2.24) is 41.0 Å². The molecule has 5 aromatic rings. The number of benzene rings is 2. The van der Waals surface area contributed by atoms with Gasteiger partial charge in [-0.1, -0.05) is 54.4 Å². The van der Waals surface area contributed by atoms with Gasteiger partial charge in [0.15, 0.2) is 23.3 Å². The van der Waals surface area contributed by atoms with Gasteiger partial charge in [-0.3, -0.25) is 34.7 Å². The zero-order chi connectivity index (χ0) is 44.2. The topological polar surface area (TPSA) is 323 Å². The molecule has 2 aliphatic carbocycles. The van der Waals surface area contributed by atoms with Gasteiger partial charge in [-0.05, 0) is 129 Å². The van der Waals surface area contributed by atoms with E-state index >= 15 is 0 Å². The van der Waals surface area contributed by atoms with Crippen molar-refractivity contribution in [3.8, 4) is 17.2 Å². The molecular weight excluding hydrogens is 1010 g/mol. The van der Waals surface area contributed by atoms with E-state index in [9.17, 15) is 28.4 Å². The molecule has 2 fully saturated rings. The molecule has 66 heavy (non-hydrogen) atoms. The predicted octanol–water partition coefficient (Wildman–Crippen LogP) is 2.60. The SMILES string of the molecule is C.C.NC(=NCCCc1nonc1-c1noc(=O)n1-c1ccc(F)c(Br)c1)NC(=O)C1CCC1.NC(=NCCCc1nonc1/C(Cc1ccc(F)c(Br)c1)=N/O)NC(=O)C1CCC1.[Na+].[OH-]. The Morgan fingerprint density at radius 3 is 1.86 bits per heavy atom. The van der Waals surface area contributed by atoms with Crippen LogP contribution in [0.25, 0.3) is 17.2 Å². The molecule has 0 aliphatic heterocycles. The van der Waals surface area contributed by atoms with Crippen LogP contribution in [0.5, 0.6) is 0 Å². The maximum absolute atomic E-state index is 13.6. The van der Waals surface area contributed by atoms with Crippen molar-refractivity contribution in [2.45, 2.75) is 85.5 Å². The molecule has 0 bridgehead atoms. The van der Waals surface area contributed by atoms with Gasteiger partial charge in [0, 0.05) is 31.3 Å². The molecule has 2 amide bonds. The number of aryl methyl sites for hydroxylation is 2. The minimum atomic E-state index is -0.771. The molecule has 7 rings (SSSR count). The van der Waals surface area contributed by atoms with E-state index in [0.717, 1.165) is 48.7 Å². The maximum Gasteiger partial charge on any atom is 1.00 e. The summed E-state index contributed by atoms with van der Waals surface area (Å²) < 4.78 is 43.0. The van der Waals surface area contributed by atoms with Crippen LogP contribution in [0, 0.1) is 23.5 Å². The number of nitrogens with one attached hydrogen (secondary N) is 2. The number of guanidine groups is 2. The average Bonchev–Trinajstić information content (AvgIpc) is 3.95. The quantitative estimate of drug-likeness (QED) is 0.0251. The zero-order valence-corrected chi connectivity index (χ0v) is 39.5. The Balaban J connectivity index is 0.000000428. The fourth-order valence-corrected chi connectivity index (χ4v) is 6.95. The number of hydrogen-bond acceptors (Lipinski definition) is 16. The standard InChI is InChI=1S/C19H19BrFN7O4.C19H22BrFN6O3.2CH4.Na.H2O/c20-12-9-11(6-7-13(12)21)28-16(27-31-19(28)30)15-14(25-32-26-15)5-2-8-23-18(22)24-17(29)10-3-1-4-10;20-13-9-11(6-7-14(13)21)10-16(25-29)17-15(26-30-27-17)5-2-8-23-19(22)24-18(28)12-3-1-4-12;;;;/h6-7,9-10H,1-5,8H2,(H3,22,23,24,29);6-7,9,12,29H,1-5,8,10H2,(H3,22,23,24,28);2*1H4;;1H2/q;;;;+1;/p-1/b;25-16+;;;;. The van der Waals surface area contributed by atoms with Crippen LogP contribution < -0.4 is 57.4 Å². The fourth-order valence-electron chi connectivity index (χ4n) is 6.16. The summed E-state index contributed by atoms with van der Waals surface area (Å²) in [5, 5.41) is 37.1. The molecule has 0 unspecified atom stereocenters. The fraction of sp³-hybridized carbons (Fsp3) is 0.425. The van der Waals surface area contributed by atoms with Gasteiger partial charge in [0.1, 0.15) is 28.7 Å². The number of aliphatic imine (C=N–C) groups is 2. The van der Waals surface area contributed by atoms with Gasteiger partial charge in [-0.25, -0.2) is 27.4 Å². The molecule has 0 spiro atoms. The van der Waals surface area contributed by atoms with Gasteiger partial charge in [0.05, 0.1) is 14.6 Å². The molecule has 21 nitrogen and oxygen atoms in total. The van der Waals surface area contributed by atoms with Gasteiger partial charge in [-0.2, -0.15) is 0 Å².